The van der Waals surface area contributed by atoms with Crippen LogP contribution in [0.2, 0.25) is 0 Å². The Bertz CT molecular complexity index is 937. The number of nitrogens with one attached hydrogen (secondary N) is 3. The van der Waals surface area contributed by atoms with Crippen LogP contribution in [0.3, 0.4) is 0 Å². The Hall–Kier alpha value is -3.26. The minimum Gasteiger partial charge on any atom is -0.349 e. The summed E-state index contributed by atoms with van der Waals surface area (Å²) in [4.78, 5) is 43.2. The van der Waals surface area contributed by atoms with Crippen LogP contribution in [-0.4, -0.2) is 53.3 Å². The molecule has 0 unspecified atom stereocenters. The van der Waals surface area contributed by atoms with Gasteiger partial charge in [-0.3, -0.25) is 19.3 Å². The summed E-state index contributed by atoms with van der Waals surface area (Å²) in [5.41, 5.74) is 1.16. The molecule has 2 aliphatic rings. The lowest BCUT2D eigenvalue weighted by Gasteiger charge is -2.30. The van der Waals surface area contributed by atoms with Crippen molar-refractivity contribution in [3.8, 4) is 0 Å². The van der Waals surface area contributed by atoms with Gasteiger partial charge < -0.3 is 16.0 Å². The molecule has 31 heavy (non-hydrogen) atoms. The maximum absolute atomic E-state index is 12.5. The van der Waals surface area contributed by atoms with Crippen molar-refractivity contribution in [1.82, 2.24) is 15.2 Å². The van der Waals surface area contributed by atoms with Crippen molar-refractivity contribution in [2.24, 2.45) is 5.92 Å². The molecule has 0 atom stereocenters. The van der Waals surface area contributed by atoms with E-state index in [4.69, 9.17) is 0 Å². The van der Waals surface area contributed by atoms with Gasteiger partial charge in [-0.25, -0.2) is 4.98 Å². The fourth-order valence-corrected chi connectivity index (χ4v) is 3.66. The molecule has 1 aromatic carbocycles. The Morgan fingerprint density at radius 2 is 1.77 bits per heavy atom. The Balaban J connectivity index is 1.22. The first-order valence-corrected chi connectivity index (χ1v) is 10.7. The molecule has 2 heterocycles. The van der Waals surface area contributed by atoms with Crippen molar-refractivity contribution >= 4 is 29.2 Å². The summed E-state index contributed by atoms with van der Waals surface area (Å²) in [5.74, 6) is 0.218. The number of carbonyl (C=O) groups is 3. The fraction of sp³-hybridized carbons (Fsp3) is 0.391. The molecule has 8 nitrogen and oxygen atoms in total. The third-order valence-corrected chi connectivity index (χ3v) is 5.56. The van der Waals surface area contributed by atoms with Gasteiger partial charge in [-0.05, 0) is 69.1 Å². The van der Waals surface area contributed by atoms with Crippen molar-refractivity contribution in [1.29, 1.82) is 0 Å². The van der Waals surface area contributed by atoms with Gasteiger partial charge in [0.2, 0.25) is 11.8 Å². The average molecular weight is 422 g/mol. The highest BCUT2D eigenvalue weighted by atomic mass is 16.2. The van der Waals surface area contributed by atoms with Crippen LogP contribution in [0.5, 0.6) is 0 Å². The summed E-state index contributed by atoms with van der Waals surface area (Å²) in [6, 6.07) is 12.7. The minimum absolute atomic E-state index is 0.0240. The van der Waals surface area contributed by atoms with Crippen molar-refractivity contribution in [3.05, 3.63) is 54.2 Å². The van der Waals surface area contributed by atoms with Crippen LogP contribution in [-0.2, 0) is 9.59 Å². The lowest BCUT2D eigenvalue weighted by molar-refractivity contribution is -0.121. The molecular weight excluding hydrogens is 394 g/mol. The molecule has 4 rings (SSSR count). The number of rotatable bonds is 7. The summed E-state index contributed by atoms with van der Waals surface area (Å²) in [6.45, 7) is 1.61. The predicted octanol–water partition coefficient (Wildman–Crippen LogP) is 2.26. The van der Waals surface area contributed by atoms with Gasteiger partial charge in [0, 0.05) is 29.4 Å². The van der Waals surface area contributed by atoms with Crippen LogP contribution in [0.15, 0.2) is 48.7 Å². The summed E-state index contributed by atoms with van der Waals surface area (Å²) in [7, 11) is 0. The maximum atomic E-state index is 12.5. The van der Waals surface area contributed by atoms with Gasteiger partial charge in [0.25, 0.3) is 5.91 Å². The standard InChI is InChI=1S/C23H27N5O3/c29-21(25-19-5-3-4-17(14-19)23(31)26-18-7-8-18)15-28-12-9-16(10-13-28)22(30)27-20-6-1-2-11-24-20/h1-6,11,14,16,18H,7-10,12-13,15H2,(H,25,29)(H,26,31)(H,24,27,30). The molecule has 1 saturated carbocycles. The van der Waals surface area contributed by atoms with Gasteiger partial charge >= 0.3 is 0 Å². The lowest BCUT2D eigenvalue weighted by Crippen LogP contribution is -2.41. The summed E-state index contributed by atoms with van der Waals surface area (Å²) >= 11 is 0. The first kappa shape index (κ1) is 21.0. The van der Waals surface area contributed by atoms with Gasteiger partial charge in [-0.15, -0.1) is 0 Å². The number of pyridine rings is 1. The van der Waals surface area contributed by atoms with E-state index in [-0.39, 0.29) is 30.2 Å². The summed E-state index contributed by atoms with van der Waals surface area (Å²) in [6.07, 6.45) is 5.10. The van der Waals surface area contributed by atoms with E-state index in [9.17, 15) is 14.4 Å². The second kappa shape index (κ2) is 9.70. The number of amides is 3. The van der Waals surface area contributed by atoms with Crippen LogP contribution >= 0.6 is 0 Å². The number of nitrogens with zero attached hydrogens (tertiary/aromatic N) is 2. The number of carbonyl (C=O) groups excluding carboxylic acids is 3. The van der Waals surface area contributed by atoms with Crippen LogP contribution in [0.4, 0.5) is 11.5 Å². The molecule has 3 amide bonds. The predicted molar refractivity (Wildman–Crippen MR) is 118 cm³/mol. The molecule has 1 aliphatic heterocycles. The Labute approximate surface area is 181 Å². The second-order valence-electron chi connectivity index (χ2n) is 8.13. The number of hydrogen-bond donors (Lipinski definition) is 3. The number of hydrogen-bond acceptors (Lipinski definition) is 5. The zero-order valence-electron chi connectivity index (χ0n) is 17.3. The van der Waals surface area contributed by atoms with Crippen LogP contribution in [0, 0.1) is 5.92 Å². The third-order valence-electron chi connectivity index (χ3n) is 5.56. The van der Waals surface area contributed by atoms with Crippen molar-refractivity contribution in [2.45, 2.75) is 31.7 Å². The topological polar surface area (TPSA) is 103 Å². The highest BCUT2D eigenvalue weighted by Gasteiger charge is 2.26. The maximum Gasteiger partial charge on any atom is 0.251 e. The number of anilines is 2. The monoisotopic (exact) mass is 421 g/mol. The van der Waals surface area contributed by atoms with Gasteiger partial charge in [0.1, 0.15) is 5.82 Å². The van der Waals surface area contributed by atoms with Gasteiger partial charge in [-0.2, -0.15) is 0 Å². The Morgan fingerprint density at radius 3 is 2.48 bits per heavy atom. The van der Waals surface area contributed by atoms with E-state index in [1.807, 2.05) is 11.0 Å². The normalized spacial score (nSPS) is 17.0. The molecule has 162 valence electrons. The quantitative estimate of drug-likeness (QED) is 0.636. The summed E-state index contributed by atoms with van der Waals surface area (Å²) < 4.78 is 0. The zero-order valence-corrected chi connectivity index (χ0v) is 17.3. The van der Waals surface area contributed by atoms with E-state index in [2.05, 4.69) is 20.9 Å². The molecule has 8 heteroatoms. The third kappa shape index (κ3) is 6.11. The molecule has 0 bridgehead atoms. The highest BCUT2D eigenvalue weighted by Crippen LogP contribution is 2.21. The van der Waals surface area contributed by atoms with Gasteiger partial charge in [-0.1, -0.05) is 12.1 Å². The minimum atomic E-state index is -0.129. The molecule has 2 fully saturated rings. The van der Waals surface area contributed by atoms with Crippen molar-refractivity contribution in [2.75, 3.05) is 30.3 Å². The van der Waals surface area contributed by atoms with E-state index in [1.54, 1.807) is 42.6 Å². The van der Waals surface area contributed by atoms with E-state index in [0.717, 1.165) is 12.8 Å². The lowest BCUT2D eigenvalue weighted by atomic mass is 9.96. The van der Waals surface area contributed by atoms with E-state index in [0.29, 0.717) is 49.0 Å². The van der Waals surface area contributed by atoms with E-state index in [1.165, 1.54) is 0 Å². The molecule has 1 aliphatic carbocycles. The highest BCUT2D eigenvalue weighted by molar-refractivity contribution is 5.98. The van der Waals surface area contributed by atoms with Crippen LogP contribution < -0.4 is 16.0 Å². The van der Waals surface area contributed by atoms with Crippen molar-refractivity contribution in [3.63, 3.8) is 0 Å². The van der Waals surface area contributed by atoms with E-state index < -0.39 is 0 Å². The van der Waals surface area contributed by atoms with Gasteiger partial charge in [0.05, 0.1) is 6.54 Å². The molecule has 2 aromatic rings. The number of piperidine rings is 1. The molecule has 0 radical (unpaired) electrons. The fourth-order valence-electron chi connectivity index (χ4n) is 3.66. The van der Waals surface area contributed by atoms with Crippen molar-refractivity contribution < 1.29 is 14.4 Å². The SMILES string of the molecule is O=C(CN1CCC(C(=O)Nc2ccccn2)CC1)Nc1cccc(C(=O)NC2CC2)c1. The second-order valence-corrected chi connectivity index (χ2v) is 8.13. The van der Waals surface area contributed by atoms with E-state index >= 15 is 0 Å². The number of benzene rings is 1. The zero-order chi connectivity index (χ0) is 21.6. The van der Waals surface area contributed by atoms with Gasteiger partial charge in [0.15, 0.2) is 0 Å². The largest absolute Gasteiger partial charge is 0.349 e. The molecular formula is C23H27N5O3. The average Bonchev–Trinajstić information content (AvgIpc) is 3.59. The molecule has 0 spiro atoms. The Morgan fingerprint density at radius 1 is 0.968 bits per heavy atom. The summed E-state index contributed by atoms with van der Waals surface area (Å²) in [5, 5.41) is 8.67. The Kier molecular flexibility index (Phi) is 6.57. The first-order valence-electron chi connectivity index (χ1n) is 10.7. The first-order chi connectivity index (χ1) is 15.1. The molecule has 1 aromatic heterocycles. The smallest absolute Gasteiger partial charge is 0.251 e. The molecule has 3 N–H and O–H groups in total. The molecule has 1 saturated heterocycles. The number of aromatic nitrogens is 1. The van der Waals surface area contributed by atoms with Crippen LogP contribution in [0.25, 0.3) is 0 Å². The number of likely N-dealkylation sites (tertiary alicyclic amines) is 1. The van der Waals surface area contributed by atoms with Crippen LogP contribution in [0.1, 0.15) is 36.0 Å².